The van der Waals surface area contributed by atoms with Crippen molar-refractivity contribution in [3.05, 3.63) is 47.8 Å². The molecule has 1 fully saturated rings. The van der Waals surface area contributed by atoms with Crippen molar-refractivity contribution in [2.24, 2.45) is 11.8 Å². The Morgan fingerprint density at radius 3 is 2.52 bits per heavy atom. The molecule has 0 aliphatic carbocycles. The van der Waals surface area contributed by atoms with Crippen LogP contribution in [-0.4, -0.2) is 29.2 Å². The minimum absolute atomic E-state index is 0.0233. The number of carbonyl (C=O) groups excluding carboxylic acids is 1. The lowest BCUT2D eigenvalue weighted by molar-refractivity contribution is -0.146. The van der Waals surface area contributed by atoms with E-state index in [-0.39, 0.29) is 6.54 Å². The van der Waals surface area contributed by atoms with Crippen molar-refractivity contribution >= 4 is 11.9 Å². The topological polar surface area (TPSA) is 75.6 Å². The number of carboxylic acid groups (broad SMARTS) is 1. The summed E-state index contributed by atoms with van der Waals surface area (Å²) in [7, 11) is 0. The first-order chi connectivity index (χ1) is 10.1. The Kier molecular flexibility index (Phi) is 3.47. The predicted molar refractivity (Wildman–Crippen MR) is 70.7 cm³/mol. The molecule has 1 aromatic rings. The van der Waals surface area contributed by atoms with Gasteiger partial charge in [-0.1, -0.05) is 30.4 Å². The van der Waals surface area contributed by atoms with Crippen LogP contribution >= 0.6 is 0 Å². The fourth-order valence-electron chi connectivity index (χ4n) is 2.86. The second-order valence-corrected chi connectivity index (χ2v) is 5.15. The van der Waals surface area contributed by atoms with Crippen molar-refractivity contribution in [2.45, 2.75) is 18.8 Å². The Hall–Kier alpha value is -2.21. The van der Waals surface area contributed by atoms with Gasteiger partial charge < -0.3 is 15.2 Å². The first kappa shape index (κ1) is 13.8. The molecule has 0 radical (unpaired) electrons. The van der Waals surface area contributed by atoms with Crippen LogP contribution < -0.4 is 5.32 Å². The summed E-state index contributed by atoms with van der Waals surface area (Å²) in [5.74, 6) is -3.55. The minimum atomic E-state index is -1.06. The van der Waals surface area contributed by atoms with E-state index in [1.807, 2.05) is 0 Å². The Labute approximate surface area is 120 Å². The number of nitrogens with one attached hydrogen (secondary N) is 1. The summed E-state index contributed by atoms with van der Waals surface area (Å²) in [6.45, 7) is 0.0233. The zero-order valence-electron chi connectivity index (χ0n) is 11.0. The highest BCUT2D eigenvalue weighted by molar-refractivity contribution is 5.87. The van der Waals surface area contributed by atoms with Crippen molar-refractivity contribution in [1.29, 1.82) is 0 Å². The molecule has 1 aromatic carbocycles. The van der Waals surface area contributed by atoms with E-state index < -0.39 is 41.7 Å². The highest BCUT2D eigenvalue weighted by Crippen LogP contribution is 2.39. The standard InChI is InChI=1S/C15H14FNO4/c16-9-4-2-1-3-8(9)7-17-14(18)12-10-5-6-11(21-10)13(12)15(19)20/h1-6,10-13H,7H2,(H,17,18)(H,19,20)/t10-,11+,12-,13-/m0/s1. The lowest BCUT2D eigenvalue weighted by Crippen LogP contribution is -2.42. The Bertz CT molecular complexity index is 615. The van der Waals surface area contributed by atoms with Crippen molar-refractivity contribution < 1.29 is 23.8 Å². The summed E-state index contributed by atoms with van der Waals surface area (Å²) in [4.78, 5) is 23.5. The normalized spacial score (nSPS) is 29.6. The van der Waals surface area contributed by atoms with Crippen LogP contribution in [0.4, 0.5) is 4.39 Å². The summed E-state index contributed by atoms with van der Waals surface area (Å²) in [6, 6.07) is 6.12. The van der Waals surface area contributed by atoms with E-state index in [0.29, 0.717) is 5.56 Å². The number of halogens is 1. The Morgan fingerprint density at radius 2 is 1.86 bits per heavy atom. The Morgan fingerprint density at radius 1 is 1.19 bits per heavy atom. The lowest BCUT2D eigenvalue weighted by atomic mass is 9.82. The van der Waals surface area contributed by atoms with Crippen LogP contribution in [0, 0.1) is 17.7 Å². The van der Waals surface area contributed by atoms with E-state index in [2.05, 4.69) is 5.32 Å². The third-order valence-corrected chi connectivity index (χ3v) is 3.90. The van der Waals surface area contributed by atoms with Gasteiger partial charge in [-0.05, 0) is 6.07 Å². The molecule has 3 rings (SSSR count). The molecule has 2 aliphatic heterocycles. The van der Waals surface area contributed by atoms with Gasteiger partial charge in [-0.3, -0.25) is 9.59 Å². The number of aliphatic carboxylic acids is 1. The van der Waals surface area contributed by atoms with Crippen molar-refractivity contribution in [1.82, 2.24) is 5.32 Å². The van der Waals surface area contributed by atoms with Gasteiger partial charge in [0.05, 0.1) is 18.1 Å². The molecule has 0 aromatic heterocycles. The fraction of sp³-hybridized carbons (Fsp3) is 0.333. The van der Waals surface area contributed by atoms with Gasteiger partial charge in [0.1, 0.15) is 11.7 Å². The number of rotatable bonds is 4. The van der Waals surface area contributed by atoms with E-state index in [4.69, 9.17) is 4.74 Å². The average molecular weight is 291 g/mol. The zero-order valence-corrected chi connectivity index (χ0v) is 11.0. The minimum Gasteiger partial charge on any atom is -0.481 e. The number of hydrogen-bond donors (Lipinski definition) is 2. The van der Waals surface area contributed by atoms with Gasteiger partial charge in [-0.15, -0.1) is 0 Å². The fourth-order valence-corrected chi connectivity index (χ4v) is 2.86. The van der Waals surface area contributed by atoms with E-state index in [1.54, 1.807) is 30.4 Å². The van der Waals surface area contributed by atoms with Gasteiger partial charge in [0.15, 0.2) is 0 Å². The largest absolute Gasteiger partial charge is 0.481 e. The van der Waals surface area contributed by atoms with Crippen molar-refractivity contribution in [3.8, 4) is 0 Å². The first-order valence-electron chi connectivity index (χ1n) is 6.65. The molecule has 1 saturated heterocycles. The van der Waals surface area contributed by atoms with Gasteiger partial charge in [0, 0.05) is 12.1 Å². The first-order valence-corrected chi connectivity index (χ1v) is 6.65. The second-order valence-electron chi connectivity index (χ2n) is 5.15. The number of carbonyl (C=O) groups is 2. The smallest absolute Gasteiger partial charge is 0.310 e. The molecule has 6 heteroatoms. The molecular formula is C15H14FNO4. The number of carboxylic acids is 1. The maximum absolute atomic E-state index is 13.5. The quantitative estimate of drug-likeness (QED) is 0.814. The van der Waals surface area contributed by atoms with E-state index >= 15 is 0 Å². The highest BCUT2D eigenvalue weighted by Gasteiger charge is 2.53. The van der Waals surface area contributed by atoms with Crippen LogP contribution in [0.1, 0.15) is 5.56 Å². The molecule has 0 saturated carbocycles. The molecule has 2 aliphatic rings. The zero-order chi connectivity index (χ0) is 15.0. The van der Waals surface area contributed by atoms with Crippen molar-refractivity contribution in [2.75, 3.05) is 0 Å². The van der Waals surface area contributed by atoms with E-state index in [9.17, 15) is 19.1 Å². The predicted octanol–water partition coefficient (Wildman–Crippen LogP) is 1.10. The van der Waals surface area contributed by atoms with Crippen LogP contribution in [0.3, 0.4) is 0 Å². The third-order valence-electron chi connectivity index (χ3n) is 3.90. The highest BCUT2D eigenvalue weighted by atomic mass is 19.1. The van der Waals surface area contributed by atoms with Gasteiger partial charge in [-0.2, -0.15) is 0 Å². The van der Waals surface area contributed by atoms with Crippen LogP contribution in [0.15, 0.2) is 36.4 Å². The molecule has 2 bridgehead atoms. The summed E-state index contributed by atoms with van der Waals surface area (Å²) in [5.41, 5.74) is 0.359. The van der Waals surface area contributed by atoms with Crippen LogP contribution in [0.5, 0.6) is 0 Å². The molecule has 0 spiro atoms. The number of benzene rings is 1. The molecule has 110 valence electrons. The summed E-state index contributed by atoms with van der Waals surface area (Å²) >= 11 is 0. The monoisotopic (exact) mass is 291 g/mol. The molecule has 2 N–H and O–H groups in total. The Balaban J connectivity index is 1.69. The summed E-state index contributed by atoms with van der Waals surface area (Å²) in [6.07, 6.45) is 2.30. The van der Waals surface area contributed by atoms with Gasteiger partial charge in [0.25, 0.3) is 0 Å². The maximum atomic E-state index is 13.5. The third kappa shape index (κ3) is 2.42. The molecule has 5 nitrogen and oxygen atoms in total. The number of amides is 1. The van der Waals surface area contributed by atoms with Crippen molar-refractivity contribution in [3.63, 3.8) is 0 Å². The second kappa shape index (κ2) is 5.29. The van der Waals surface area contributed by atoms with Gasteiger partial charge >= 0.3 is 5.97 Å². The number of fused-ring (bicyclic) bond motifs is 2. The van der Waals surface area contributed by atoms with E-state index in [0.717, 1.165) is 0 Å². The average Bonchev–Trinajstić information content (AvgIpc) is 3.06. The van der Waals surface area contributed by atoms with Gasteiger partial charge in [0.2, 0.25) is 5.91 Å². The molecule has 2 heterocycles. The number of ether oxygens (including phenoxy) is 1. The molecule has 0 unspecified atom stereocenters. The molecule has 4 atom stereocenters. The maximum Gasteiger partial charge on any atom is 0.310 e. The van der Waals surface area contributed by atoms with Crippen LogP contribution in [-0.2, 0) is 20.9 Å². The van der Waals surface area contributed by atoms with Crippen LogP contribution in [0.25, 0.3) is 0 Å². The molecule has 21 heavy (non-hydrogen) atoms. The van der Waals surface area contributed by atoms with Gasteiger partial charge in [-0.25, -0.2) is 4.39 Å². The summed E-state index contributed by atoms with van der Waals surface area (Å²) < 4.78 is 18.9. The molecular weight excluding hydrogens is 277 g/mol. The number of hydrogen-bond acceptors (Lipinski definition) is 3. The van der Waals surface area contributed by atoms with Crippen LogP contribution in [0.2, 0.25) is 0 Å². The summed E-state index contributed by atoms with van der Waals surface area (Å²) in [5, 5.41) is 11.8. The van der Waals surface area contributed by atoms with E-state index in [1.165, 1.54) is 6.07 Å². The lowest BCUT2D eigenvalue weighted by Gasteiger charge is -2.21. The SMILES string of the molecule is O=C(NCc1ccccc1F)[C@@H]1[C@@H](C(=O)O)[C@H]2C=C[C@@H]1O2. The molecule has 1 amide bonds.